The van der Waals surface area contributed by atoms with Crippen LogP contribution in [0.2, 0.25) is 0 Å². The Morgan fingerprint density at radius 3 is 2.50 bits per heavy atom. The van der Waals surface area contributed by atoms with Gasteiger partial charge in [0.25, 0.3) is 0 Å². The summed E-state index contributed by atoms with van der Waals surface area (Å²) in [5.74, 6) is 0.857. The molecule has 0 saturated carbocycles. The summed E-state index contributed by atoms with van der Waals surface area (Å²) in [6.07, 6.45) is 2.03. The SMILES string of the molecule is CCOC(CN)COc1ccc(SC)cc1. The summed E-state index contributed by atoms with van der Waals surface area (Å²) < 4.78 is 11.0. The van der Waals surface area contributed by atoms with Gasteiger partial charge in [-0.15, -0.1) is 11.8 Å². The third kappa shape index (κ3) is 4.43. The first-order valence-corrected chi connectivity index (χ1v) is 6.61. The molecule has 0 heterocycles. The van der Waals surface area contributed by atoms with Gasteiger partial charge in [0.2, 0.25) is 0 Å². The van der Waals surface area contributed by atoms with E-state index in [1.807, 2.05) is 31.2 Å². The van der Waals surface area contributed by atoms with Crippen molar-refractivity contribution in [2.24, 2.45) is 5.73 Å². The molecule has 0 aliphatic rings. The van der Waals surface area contributed by atoms with Crippen LogP contribution in [-0.4, -0.2) is 32.1 Å². The summed E-state index contributed by atoms with van der Waals surface area (Å²) in [5, 5.41) is 0. The lowest BCUT2D eigenvalue weighted by Crippen LogP contribution is -2.30. The highest BCUT2D eigenvalue weighted by atomic mass is 32.2. The van der Waals surface area contributed by atoms with Crippen LogP contribution in [0.4, 0.5) is 0 Å². The predicted molar refractivity (Wildman–Crippen MR) is 68.2 cm³/mol. The summed E-state index contributed by atoms with van der Waals surface area (Å²) in [6.45, 7) is 3.60. The molecule has 16 heavy (non-hydrogen) atoms. The van der Waals surface area contributed by atoms with Gasteiger partial charge in [-0.2, -0.15) is 0 Å². The Balaban J connectivity index is 2.40. The van der Waals surface area contributed by atoms with E-state index in [-0.39, 0.29) is 6.10 Å². The van der Waals surface area contributed by atoms with Gasteiger partial charge in [0.1, 0.15) is 18.5 Å². The highest BCUT2D eigenvalue weighted by Gasteiger charge is 2.06. The fourth-order valence-corrected chi connectivity index (χ4v) is 1.69. The molecule has 0 aliphatic heterocycles. The smallest absolute Gasteiger partial charge is 0.119 e. The van der Waals surface area contributed by atoms with E-state index in [4.69, 9.17) is 15.2 Å². The van der Waals surface area contributed by atoms with E-state index >= 15 is 0 Å². The number of ether oxygens (including phenoxy) is 2. The summed E-state index contributed by atoms with van der Waals surface area (Å²) in [6, 6.07) is 8.01. The van der Waals surface area contributed by atoms with E-state index < -0.39 is 0 Å². The van der Waals surface area contributed by atoms with Crippen molar-refractivity contribution in [1.29, 1.82) is 0 Å². The van der Waals surface area contributed by atoms with E-state index in [0.29, 0.717) is 19.8 Å². The first-order chi connectivity index (χ1) is 7.80. The van der Waals surface area contributed by atoms with E-state index in [1.54, 1.807) is 11.8 Å². The van der Waals surface area contributed by atoms with E-state index in [9.17, 15) is 0 Å². The van der Waals surface area contributed by atoms with Crippen molar-refractivity contribution in [3.05, 3.63) is 24.3 Å². The lowest BCUT2D eigenvalue weighted by molar-refractivity contribution is 0.0337. The molecule has 1 atom stereocenters. The van der Waals surface area contributed by atoms with Gasteiger partial charge in [0.15, 0.2) is 0 Å². The average molecular weight is 241 g/mol. The van der Waals surface area contributed by atoms with Gasteiger partial charge >= 0.3 is 0 Å². The maximum absolute atomic E-state index is 5.60. The maximum atomic E-state index is 5.60. The summed E-state index contributed by atoms with van der Waals surface area (Å²) >= 11 is 1.71. The zero-order valence-corrected chi connectivity index (χ0v) is 10.6. The molecule has 0 aromatic heterocycles. The van der Waals surface area contributed by atoms with Gasteiger partial charge in [-0.05, 0) is 37.4 Å². The molecule has 0 amide bonds. The Labute approximate surface area is 101 Å². The van der Waals surface area contributed by atoms with Crippen LogP contribution in [0.3, 0.4) is 0 Å². The number of hydrogen-bond acceptors (Lipinski definition) is 4. The van der Waals surface area contributed by atoms with Gasteiger partial charge in [-0.25, -0.2) is 0 Å². The summed E-state index contributed by atoms with van der Waals surface area (Å²) in [5.41, 5.74) is 5.56. The molecule has 90 valence electrons. The fraction of sp³-hybridized carbons (Fsp3) is 0.500. The second kappa shape index (κ2) is 7.54. The molecule has 1 aromatic rings. The Kier molecular flexibility index (Phi) is 6.30. The normalized spacial score (nSPS) is 12.4. The Hall–Kier alpha value is -0.710. The third-order valence-corrected chi connectivity index (χ3v) is 2.90. The molecule has 1 aromatic carbocycles. The number of hydrogen-bond donors (Lipinski definition) is 1. The minimum Gasteiger partial charge on any atom is -0.491 e. The molecule has 0 bridgehead atoms. The van der Waals surface area contributed by atoms with Gasteiger partial charge in [-0.3, -0.25) is 0 Å². The molecule has 0 aliphatic carbocycles. The van der Waals surface area contributed by atoms with E-state index in [2.05, 4.69) is 6.26 Å². The molecule has 1 rings (SSSR count). The van der Waals surface area contributed by atoms with Gasteiger partial charge < -0.3 is 15.2 Å². The molecule has 4 heteroatoms. The van der Waals surface area contributed by atoms with Crippen LogP contribution >= 0.6 is 11.8 Å². The lowest BCUT2D eigenvalue weighted by atomic mass is 10.3. The zero-order chi connectivity index (χ0) is 11.8. The number of thioether (sulfide) groups is 1. The molecule has 0 spiro atoms. The van der Waals surface area contributed by atoms with Gasteiger partial charge in [-0.1, -0.05) is 0 Å². The molecular weight excluding hydrogens is 222 g/mol. The second-order valence-electron chi connectivity index (χ2n) is 3.30. The number of nitrogens with two attached hydrogens (primary N) is 1. The number of benzene rings is 1. The van der Waals surface area contributed by atoms with Crippen molar-refractivity contribution >= 4 is 11.8 Å². The number of rotatable bonds is 7. The van der Waals surface area contributed by atoms with E-state index in [1.165, 1.54) is 4.90 Å². The molecule has 0 radical (unpaired) electrons. The summed E-state index contributed by atoms with van der Waals surface area (Å²) in [4.78, 5) is 1.23. The standard InChI is InChI=1S/C12H19NO2S/c1-3-14-11(8-13)9-15-10-4-6-12(16-2)7-5-10/h4-7,11H,3,8-9,13H2,1-2H3. The second-order valence-corrected chi connectivity index (χ2v) is 4.18. The lowest BCUT2D eigenvalue weighted by Gasteiger charge is -2.15. The van der Waals surface area contributed by atoms with Crippen LogP contribution in [0, 0.1) is 0 Å². The quantitative estimate of drug-likeness (QED) is 0.743. The molecule has 0 saturated heterocycles. The molecule has 1 unspecified atom stereocenters. The topological polar surface area (TPSA) is 44.5 Å². The third-order valence-electron chi connectivity index (χ3n) is 2.16. The predicted octanol–water partition coefficient (Wildman–Crippen LogP) is 2.15. The van der Waals surface area contributed by atoms with Crippen LogP contribution in [0.1, 0.15) is 6.92 Å². The summed E-state index contributed by atoms with van der Waals surface area (Å²) in [7, 11) is 0. The highest BCUT2D eigenvalue weighted by molar-refractivity contribution is 7.98. The monoisotopic (exact) mass is 241 g/mol. The first-order valence-electron chi connectivity index (χ1n) is 5.38. The molecular formula is C12H19NO2S. The van der Waals surface area contributed by atoms with Crippen LogP contribution in [0.25, 0.3) is 0 Å². The molecule has 0 fully saturated rings. The van der Waals surface area contributed by atoms with Crippen molar-refractivity contribution in [1.82, 2.24) is 0 Å². The van der Waals surface area contributed by atoms with Crippen molar-refractivity contribution in [2.75, 3.05) is 26.0 Å². The Bertz CT molecular complexity index is 290. The fourth-order valence-electron chi connectivity index (χ4n) is 1.28. The van der Waals surface area contributed by atoms with Crippen molar-refractivity contribution < 1.29 is 9.47 Å². The van der Waals surface area contributed by atoms with Crippen LogP contribution in [0.15, 0.2) is 29.2 Å². The minimum absolute atomic E-state index is 0.0229. The average Bonchev–Trinajstić information content (AvgIpc) is 2.35. The Morgan fingerprint density at radius 1 is 1.31 bits per heavy atom. The van der Waals surface area contributed by atoms with E-state index in [0.717, 1.165) is 5.75 Å². The highest BCUT2D eigenvalue weighted by Crippen LogP contribution is 2.19. The Morgan fingerprint density at radius 2 is 2.00 bits per heavy atom. The minimum atomic E-state index is -0.0229. The van der Waals surface area contributed by atoms with Gasteiger partial charge in [0.05, 0.1) is 0 Å². The van der Waals surface area contributed by atoms with Crippen molar-refractivity contribution in [3.63, 3.8) is 0 Å². The van der Waals surface area contributed by atoms with Crippen molar-refractivity contribution in [2.45, 2.75) is 17.9 Å². The van der Waals surface area contributed by atoms with Crippen LogP contribution < -0.4 is 10.5 Å². The van der Waals surface area contributed by atoms with Gasteiger partial charge in [0, 0.05) is 18.0 Å². The first kappa shape index (κ1) is 13.4. The van der Waals surface area contributed by atoms with Crippen LogP contribution in [0.5, 0.6) is 5.75 Å². The van der Waals surface area contributed by atoms with Crippen LogP contribution in [-0.2, 0) is 4.74 Å². The maximum Gasteiger partial charge on any atom is 0.119 e. The van der Waals surface area contributed by atoms with Crippen molar-refractivity contribution in [3.8, 4) is 5.75 Å². The zero-order valence-electron chi connectivity index (χ0n) is 9.81. The largest absolute Gasteiger partial charge is 0.491 e. The molecule has 2 N–H and O–H groups in total. The molecule has 3 nitrogen and oxygen atoms in total.